The van der Waals surface area contributed by atoms with E-state index in [9.17, 15) is 19.7 Å². The third kappa shape index (κ3) is 2.45. The van der Waals surface area contributed by atoms with Gasteiger partial charge in [0.1, 0.15) is 0 Å². The van der Waals surface area contributed by atoms with Gasteiger partial charge in [-0.15, -0.1) is 0 Å². The second kappa shape index (κ2) is 6.44. The number of non-ortho nitro benzene ring substituents is 1. The molecule has 0 aromatic heterocycles. The highest BCUT2D eigenvalue weighted by Gasteiger charge is 2.68. The Morgan fingerprint density at radius 2 is 1.42 bits per heavy atom. The normalized spacial score (nSPS) is 14.5. The van der Waals surface area contributed by atoms with Crippen LogP contribution < -0.4 is 0 Å². The first-order valence-electron chi connectivity index (χ1n) is 7.70. The highest BCUT2D eigenvalue weighted by molar-refractivity contribution is 6.38. The summed E-state index contributed by atoms with van der Waals surface area (Å²) in [4.78, 5) is 35.7. The van der Waals surface area contributed by atoms with E-state index in [-0.39, 0.29) is 5.69 Å². The molecule has 2 aromatic carbocycles. The Morgan fingerprint density at radius 3 is 1.96 bits per heavy atom. The molecule has 7 nitrogen and oxygen atoms in total. The summed E-state index contributed by atoms with van der Waals surface area (Å²) in [6, 6.07) is 14.6. The lowest BCUT2D eigenvalue weighted by molar-refractivity contribution is -0.384. The summed E-state index contributed by atoms with van der Waals surface area (Å²) in [6.45, 7) is 0. The molecule has 1 aliphatic rings. The molecule has 0 bridgehead atoms. The van der Waals surface area contributed by atoms with Crippen LogP contribution in [0, 0.1) is 15.5 Å². The van der Waals surface area contributed by atoms with Gasteiger partial charge in [-0.1, -0.05) is 42.5 Å². The third-order valence-corrected chi connectivity index (χ3v) is 4.33. The summed E-state index contributed by atoms with van der Waals surface area (Å²) in [5.41, 5.74) is -0.0416. The number of benzene rings is 2. The molecule has 0 saturated carbocycles. The Hall–Kier alpha value is -3.48. The monoisotopic (exact) mass is 353 g/mol. The maximum Gasteiger partial charge on any atom is 0.332 e. The molecule has 132 valence electrons. The van der Waals surface area contributed by atoms with Crippen molar-refractivity contribution >= 4 is 28.8 Å². The first-order chi connectivity index (χ1) is 12.5. The number of hydrogen-bond acceptors (Lipinski definition) is 6. The maximum absolute atomic E-state index is 12.6. The molecular weight excluding hydrogens is 338 g/mol. The van der Waals surface area contributed by atoms with E-state index in [4.69, 9.17) is 9.47 Å². The zero-order valence-electron chi connectivity index (χ0n) is 14.1. The molecule has 26 heavy (non-hydrogen) atoms. The Balaban J connectivity index is 2.24. The minimum absolute atomic E-state index is 0.141. The number of esters is 2. The van der Waals surface area contributed by atoms with Crippen molar-refractivity contribution in [2.75, 3.05) is 14.2 Å². The lowest BCUT2D eigenvalue weighted by atomic mass is 9.92. The summed E-state index contributed by atoms with van der Waals surface area (Å²) in [5, 5.41) is 11.1. The fraction of sp³-hybridized carbons (Fsp3) is 0.158. The molecule has 0 atom stereocenters. The van der Waals surface area contributed by atoms with Crippen LogP contribution in [0.15, 0.2) is 54.6 Å². The Kier molecular flexibility index (Phi) is 4.29. The first-order valence-corrected chi connectivity index (χ1v) is 7.70. The van der Waals surface area contributed by atoms with Gasteiger partial charge in [-0.3, -0.25) is 19.7 Å². The van der Waals surface area contributed by atoms with Crippen LogP contribution in [0.5, 0.6) is 0 Å². The SMILES string of the molecule is COC(=O)C1(C(=O)OC)C(c2ccccc2)=C1c1cccc([N+](=O)[O-])c1. The molecule has 3 rings (SSSR count). The van der Waals surface area contributed by atoms with Crippen LogP contribution in [0.2, 0.25) is 0 Å². The fourth-order valence-corrected chi connectivity index (χ4v) is 3.18. The number of ether oxygens (including phenoxy) is 2. The summed E-state index contributed by atoms with van der Waals surface area (Å²) in [5.74, 6) is -1.57. The van der Waals surface area contributed by atoms with Gasteiger partial charge >= 0.3 is 11.9 Å². The minimum atomic E-state index is -1.72. The van der Waals surface area contributed by atoms with Gasteiger partial charge in [0.05, 0.1) is 19.1 Å². The molecule has 0 spiro atoms. The molecule has 0 N–H and O–H groups in total. The zero-order valence-corrected chi connectivity index (χ0v) is 14.1. The average Bonchev–Trinajstić information content (AvgIpc) is 3.38. The molecule has 0 fully saturated rings. The van der Waals surface area contributed by atoms with Gasteiger partial charge in [0.2, 0.25) is 5.41 Å². The van der Waals surface area contributed by atoms with Crippen LogP contribution in [-0.4, -0.2) is 31.1 Å². The number of rotatable bonds is 5. The zero-order chi connectivity index (χ0) is 18.9. The molecule has 0 amide bonds. The van der Waals surface area contributed by atoms with E-state index >= 15 is 0 Å². The number of carbonyl (C=O) groups excluding carboxylic acids is 2. The lowest BCUT2D eigenvalue weighted by Crippen LogP contribution is -2.32. The van der Waals surface area contributed by atoms with Gasteiger partial charge in [-0.2, -0.15) is 0 Å². The van der Waals surface area contributed by atoms with E-state index < -0.39 is 22.3 Å². The van der Waals surface area contributed by atoms with Gasteiger partial charge in [0.25, 0.3) is 5.69 Å². The topological polar surface area (TPSA) is 95.7 Å². The molecule has 0 unspecified atom stereocenters. The van der Waals surface area contributed by atoms with Crippen molar-refractivity contribution in [1.82, 2.24) is 0 Å². The molecule has 0 radical (unpaired) electrons. The van der Waals surface area contributed by atoms with E-state index in [0.717, 1.165) is 0 Å². The second-order valence-corrected chi connectivity index (χ2v) is 5.66. The summed E-state index contributed by atoms with van der Waals surface area (Å²) in [7, 11) is 2.36. The number of nitro benzene ring substituents is 1. The van der Waals surface area contributed by atoms with Crippen LogP contribution in [0.1, 0.15) is 11.1 Å². The van der Waals surface area contributed by atoms with E-state index in [1.165, 1.54) is 32.4 Å². The quantitative estimate of drug-likeness (QED) is 0.355. The Morgan fingerprint density at radius 1 is 0.885 bits per heavy atom. The van der Waals surface area contributed by atoms with Crippen molar-refractivity contribution in [3.8, 4) is 0 Å². The summed E-state index contributed by atoms with van der Waals surface area (Å²) < 4.78 is 9.73. The van der Waals surface area contributed by atoms with Gasteiger partial charge in [0, 0.05) is 12.1 Å². The molecular formula is C19H15NO6. The number of hydrogen-bond donors (Lipinski definition) is 0. The van der Waals surface area contributed by atoms with Gasteiger partial charge in [0.15, 0.2) is 0 Å². The van der Waals surface area contributed by atoms with E-state index in [1.807, 2.05) is 0 Å². The van der Waals surface area contributed by atoms with E-state index in [2.05, 4.69) is 0 Å². The molecule has 1 aliphatic carbocycles. The fourth-order valence-electron chi connectivity index (χ4n) is 3.18. The second-order valence-electron chi connectivity index (χ2n) is 5.66. The predicted molar refractivity (Wildman–Crippen MR) is 92.8 cm³/mol. The third-order valence-electron chi connectivity index (χ3n) is 4.33. The number of methoxy groups -OCH3 is 2. The molecule has 2 aromatic rings. The van der Waals surface area contributed by atoms with Crippen molar-refractivity contribution in [1.29, 1.82) is 0 Å². The van der Waals surface area contributed by atoms with Crippen LogP contribution in [0.3, 0.4) is 0 Å². The van der Waals surface area contributed by atoms with Crippen LogP contribution >= 0.6 is 0 Å². The standard InChI is InChI=1S/C19H15NO6/c1-25-17(21)19(18(22)26-2)15(12-7-4-3-5-8-12)16(19)13-9-6-10-14(11-13)20(23)24/h3-11H,1-2H3. The molecule has 0 aliphatic heterocycles. The van der Waals surface area contributed by atoms with Crippen molar-refractivity contribution in [3.63, 3.8) is 0 Å². The minimum Gasteiger partial charge on any atom is -0.468 e. The summed E-state index contributed by atoms with van der Waals surface area (Å²) >= 11 is 0. The summed E-state index contributed by atoms with van der Waals surface area (Å²) in [6.07, 6.45) is 0. The lowest BCUT2D eigenvalue weighted by Gasteiger charge is -2.15. The molecule has 0 saturated heterocycles. The van der Waals surface area contributed by atoms with Crippen LogP contribution in [-0.2, 0) is 19.1 Å². The number of nitro groups is 1. The van der Waals surface area contributed by atoms with Gasteiger partial charge < -0.3 is 9.47 Å². The van der Waals surface area contributed by atoms with E-state index in [1.54, 1.807) is 36.4 Å². The van der Waals surface area contributed by atoms with Crippen molar-refractivity contribution < 1.29 is 24.0 Å². The highest BCUT2D eigenvalue weighted by Crippen LogP contribution is 2.65. The van der Waals surface area contributed by atoms with Gasteiger partial charge in [-0.05, 0) is 22.3 Å². The van der Waals surface area contributed by atoms with Crippen molar-refractivity contribution in [2.24, 2.45) is 5.41 Å². The maximum atomic E-state index is 12.6. The van der Waals surface area contributed by atoms with Crippen molar-refractivity contribution in [3.05, 3.63) is 75.8 Å². The number of carbonyl (C=O) groups is 2. The Labute approximate surface area is 149 Å². The van der Waals surface area contributed by atoms with Crippen LogP contribution in [0.25, 0.3) is 11.1 Å². The largest absolute Gasteiger partial charge is 0.468 e. The van der Waals surface area contributed by atoms with Crippen molar-refractivity contribution in [2.45, 2.75) is 0 Å². The predicted octanol–water partition coefficient (Wildman–Crippen LogP) is 2.85. The Bertz CT molecular complexity index is 916. The highest BCUT2D eigenvalue weighted by atomic mass is 16.6. The van der Waals surface area contributed by atoms with Crippen LogP contribution in [0.4, 0.5) is 5.69 Å². The van der Waals surface area contributed by atoms with Gasteiger partial charge in [-0.25, -0.2) is 0 Å². The van der Waals surface area contributed by atoms with E-state index in [0.29, 0.717) is 22.3 Å². The molecule has 7 heteroatoms. The smallest absolute Gasteiger partial charge is 0.332 e. The molecule has 0 heterocycles. The average molecular weight is 353 g/mol. The first kappa shape index (κ1) is 17.3. The number of nitrogens with zero attached hydrogens (tertiary/aromatic N) is 1.